The lowest BCUT2D eigenvalue weighted by Crippen LogP contribution is -2.46. The van der Waals surface area contributed by atoms with E-state index in [0.717, 1.165) is 6.42 Å². The van der Waals surface area contributed by atoms with Crippen LogP contribution in [0, 0.1) is 0 Å². The van der Waals surface area contributed by atoms with Gasteiger partial charge in [0.1, 0.15) is 6.61 Å². The lowest BCUT2D eigenvalue weighted by Gasteiger charge is -2.22. The Hall–Kier alpha value is -0.460. The Kier molecular flexibility index (Phi) is 5.37. The van der Waals surface area contributed by atoms with E-state index < -0.39 is 9.84 Å². The monoisotopic (exact) mass is 249 g/mol. The Bertz CT molecular complexity index is 326. The van der Waals surface area contributed by atoms with Crippen LogP contribution in [0.5, 0.6) is 0 Å². The molecule has 0 spiro atoms. The molecule has 0 aliphatic carbocycles. The summed E-state index contributed by atoms with van der Waals surface area (Å²) < 4.78 is 27.8. The molecule has 1 heterocycles. The van der Waals surface area contributed by atoms with E-state index in [-0.39, 0.29) is 36.4 Å². The third-order valence-electron chi connectivity index (χ3n) is 2.39. The molecule has 0 aromatic rings. The second-order valence-corrected chi connectivity index (χ2v) is 6.29. The van der Waals surface area contributed by atoms with E-state index in [1.54, 1.807) is 0 Å². The van der Waals surface area contributed by atoms with E-state index in [1.165, 1.54) is 0 Å². The Labute approximate surface area is 96.5 Å². The number of carbonyl (C=O) groups excluding carboxylic acids is 1. The second kappa shape index (κ2) is 6.32. The maximum Gasteiger partial charge on any atom is 0.160 e. The Morgan fingerprint density at radius 3 is 2.88 bits per heavy atom. The number of carbonyl (C=O) groups is 1. The van der Waals surface area contributed by atoms with Gasteiger partial charge in [0.15, 0.2) is 15.6 Å². The van der Waals surface area contributed by atoms with Crippen LogP contribution in [-0.4, -0.2) is 51.5 Å². The van der Waals surface area contributed by atoms with E-state index >= 15 is 0 Å². The fourth-order valence-corrected chi connectivity index (χ4v) is 3.11. The molecule has 1 unspecified atom stereocenters. The lowest BCUT2D eigenvalue weighted by atomic mass is 10.1. The number of nitrogens with one attached hydrogen (secondary N) is 1. The highest BCUT2D eigenvalue weighted by atomic mass is 32.2. The number of ketones is 1. The Morgan fingerprint density at radius 1 is 1.50 bits per heavy atom. The summed E-state index contributed by atoms with van der Waals surface area (Å²) in [5.74, 6) is 0.194. The van der Waals surface area contributed by atoms with Crippen molar-refractivity contribution in [1.29, 1.82) is 0 Å². The molecule has 1 atom stereocenters. The highest BCUT2D eigenvalue weighted by Crippen LogP contribution is 2.05. The largest absolute Gasteiger partial charge is 0.374 e. The Morgan fingerprint density at radius 2 is 2.25 bits per heavy atom. The molecule has 1 N–H and O–H groups in total. The molecule has 1 aliphatic rings. The summed E-state index contributed by atoms with van der Waals surface area (Å²) in [7, 11) is -2.96. The van der Waals surface area contributed by atoms with Gasteiger partial charge in [-0.25, -0.2) is 8.42 Å². The first kappa shape index (κ1) is 13.6. The normalized spacial score (nSPS) is 24.2. The van der Waals surface area contributed by atoms with Crippen LogP contribution in [0.25, 0.3) is 0 Å². The molecule has 1 fully saturated rings. The van der Waals surface area contributed by atoms with Crippen molar-refractivity contribution in [2.75, 3.05) is 31.3 Å². The zero-order valence-electron chi connectivity index (χ0n) is 9.57. The van der Waals surface area contributed by atoms with Crippen LogP contribution in [0.2, 0.25) is 0 Å². The quantitative estimate of drug-likeness (QED) is 0.658. The number of hydrogen-bond acceptors (Lipinski definition) is 5. The van der Waals surface area contributed by atoms with Crippen LogP contribution in [0.4, 0.5) is 0 Å². The summed E-state index contributed by atoms with van der Waals surface area (Å²) in [4.78, 5) is 11.4. The van der Waals surface area contributed by atoms with Gasteiger partial charge in [-0.15, -0.1) is 0 Å². The van der Waals surface area contributed by atoms with Crippen molar-refractivity contribution in [1.82, 2.24) is 5.32 Å². The zero-order valence-corrected chi connectivity index (χ0v) is 10.4. The van der Waals surface area contributed by atoms with E-state index in [4.69, 9.17) is 4.74 Å². The highest BCUT2D eigenvalue weighted by Gasteiger charge is 2.25. The van der Waals surface area contributed by atoms with Gasteiger partial charge in [0.25, 0.3) is 0 Å². The van der Waals surface area contributed by atoms with Gasteiger partial charge in [-0.1, -0.05) is 6.92 Å². The molecule has 5 nitrogen and oxygen atoms in total. The number of sulfone groups is 1. The van der Waals surface area contributed by atoms with Gasteiger partial charge in [-0.3, -0.25) is 4.79 Å². The Balaban J connectivity index is 2.28. The van der Waals surface area contributed by atoms with Crippen LogP contribution in [0.3, 0.4) is 0 Å². The van der Waals surface area contributed by atoms with Crippen LogP contribution in [0.15, 0.2) is 0 Å². The lowest BCUT2D eigenvalue weighted by molar-refractivity contribution is -0.124. The summed E-state index contributed by atoms with van der Waals surface area (Å²) in [6.45, 7) is 3.07. The molecular formula is C10H19NO4S. The molecule has 0 aromatic heterocycles. The van der Waals surface area contributed by atoms with E-state index in [1.807, 2.05) is 6.92 Å². The fourth-order valence-electron chi connectivity index (χ4n) is 1.66. The first-order valence-corrected chi connectivity index (χ1v) is 7.39. The third kappa shape index (κ3) is 5.05. The maximum atomic E-state index is 11.4. The topological polar surface area (TPSA) is 72.5 Å². The minimum Gasteiger partial charge on any atom is -0.374 e. The number of rotatable bonds is 6. The van der Waals surface area contributed by atoms with E-state index in [2.05, 4.69) is 5.32 Å². The molecule has 1 aliphatic heterocycles. The van der Waals surface area contributed by atoms with Crippen molar-refractivity contribution >= 4 is 15.6 Å². The minimum atomic E-state index is -2.96. The molecule has 1 rings (SSSR count). The summed E-state index contributed by atoms with van der Waals surface area (Å²) in [6, 6.07) is -0.239. The van der Waals surface area contributed by atoms with Gasteiger partial charge in [-0.2, -0.15) is 0 Å². The first-order chi connectivity index (χ1) is 7.53. The summed E-state index contributed by atoms with van der Waals surface area (Å²) in [5, 5.41) is 3.04. The maximum absolute atomic E-state index is 11.4. The van der Waals surface area contributed by atoms with Crippen LogP contribution < -0.4 is 5.32 Å². The fraction of sp³-hybridized carbons (Fsp3) is 0.900. The molecule has 16 heavy (non-hydrogen) atoms. The molecule has 0 aromatic carbocycles. The standard InChI is InChI=1S/C10H19NO4S/c1-2-4-15-7-10(12)6-9-8-16(13,14)5-3-11-9/h9,11H,2-8H2,1H3. The molecule has 94 valence electrons. The summed E-state index contributed by atoms with van der Waals surface area (Å²) in [5.41, 5.74) is 0. The van der Waals surface area contributed by atoms with Crippen LogP contribution in [0.1, 0.15) is 19.8 Å². The second-order valence-electron chi connectivity index (χ2n) is 4.06. The number of ether oxygens (including phenoxy) is 1. The van der Waals surface area contributed by atoms with Gasteiger partial charge in [-0.05, 0) is 6.42 Å². The smallest absolute Gasteiger partial charge is 0.160 e. The van der Waals surface area contributed by atoms with Crippen molar-refractivity contribution in [3.8, 4) is 0 Å². The van der Waals surface area contributed by atoms with Crippen LogP contribution >= 0.6 is 0 Å². The van der Waals surface area contributed by atoms with Crippen molar-refractivity contribution in [3.63, 3.8) is 0 Å². The average molecular weight is 249 g/mol. The van der Waals surface area contributed by atoms with Gasteiger partial charge >= 0.3 is 0 Å². The van der Waals surface area contributed by atoms with Gasteiger partial charge in [0.2, 0.25) is 0 Å². The van der Waals surface area contributed by atoms with Crippen LogP contribution in [-0.2, 0) is 19.4 Å². The first-order valence-electron chi connectivity index (χ1n) is 5.57. The SMILES string of the molecule is CCCOCC(=O)CC1CS(=O)(=O)CCN1. The molecule has 0 bridgehead atoms. The molecule has 0 amide bonds. The van der Waals surface area contributed by atoms with E-state index in [9.17, 15) is 13.2 Å². The predicted octanol–water partition coefficient (Wildman–Crippen LogP) is -0.241. The average Bonchev–Trinajstić information content (AvgIpc) is 2.16. The molecule has 6 heteroatoms. The minimum absolute atomic E-state index is 0.0388. The summed E-state index contributed by atoms with van der Waals surface area (Å²) >= 11 is 0. The zero-order chi connectivity index (χ0) is 12.0. The number of Topliss-reactive ketones (excluding diaryl/α,β-unsaturated/α-hetero) is 1. The molecule has 1 saturated heterocycles. The van der Waals surface area contributed by atoms with Gasteiger partial charge in [0, 0.05) is 25.6 Å². The number of hydrogen-bond donors (Lipinski definition) is 1. The third-order valence-corrected chi connectivity index (χ3v) is 4.12. The highest BCUT2D eigenvalue weighted by molar-refractivity contribution is 7.91. The predicted molar refractivity (Wildman–Crippen MR) is 61.2 cm³/mol. The van der Waals surface area contributed by atoms with Crippen molar-refractivity contribution in [2.45, 2.75) is 25.8 Å². The molecule has 0 radical (unpaired) electrons. The van der Waals surface area contributed by atoms with Crippen molar-refractivity contribution < 1.29 is 17.9 Å². The molecular weight excluding hydrogens is 230 g/mol. The van der Waals surface area contributed by atoms with E-state index in [0.29, 0.717) is 13.2 Å². The van der Waals surface area contributed by atoms with Crippen molar-refractivity contribution in [2.24, 2.45) is 0 Å². The van der Waals surface area contributed by atoms with Gasteiger partial charge < -0.3 is 10.1 Å². The van der Waals surface area contributed by atoms with Crippen molar-refractivity contribution in [3.05, 3.63) is 0 Å². The summed E-state index contributed by atoms with van der Waals surface area (Å²) in [6.07, 6.45) is 1.12. The molecule has 0 saturated carbocycles. The van der Waals surface area contributed by atoms with Gasteiger partial charge in [0.05, 0.1) is 11.5 Å².